The third-order valence-electron chi connectivity index (χ3n) is 4.19. The van der Waals surface area contributed by atoms with E-state index in [4.69, 9.17) is 4.74 Å². The highest BCUT2D eigenvalue weighted by molar-refractivity contribution is 5.92. The summed E-state index contributed by atoms with van der Waals surface area (Å²) in [6, 6.07) is 11.6. The zero-order valence-corrected chi connectivity index (χ0v) is 14.7. The highest BCUT2D eigenvalue weighted by Crippen LogP contribution is 2.14. The Morgan fingerprint density at radius 1 is 1.32 bits per heavy atom. The molecule has 132 valence electrons. The van der Waals surface area contributed by atoms with Gasteiger partial charge in [0.05, 0.1) is 6.10 Å². The van der Waals surface area contributed by atoms with E-state index in [0.29, 0.717) is 24.7 Å². The number of amides is 1. The minimum atomic E-state index is -0.116. The van der Waals surface area contributed by atoms with Gasteiger partial charge in [0.2, 0.25) is 5.95 Å². The van der Waals surface area contributed by atoms with Crippen LogP contribution in [0.25, 0.3) is 0 Å². The molecule has 1 aliphatic heterocycles. The normalized spacial score (nSPS) is 16.6. The van der Waals surface area contributed by atoms with Crippen molar-refractivity contribution in [3.8, 4) is 0 Å². The first kappa shape index (κ1) is 17.4. The molecule has 2 aromatic rings. The number of ether oxygens (including phenoxy) is 1. The first-order valence-electron chi connectivity index (χ1n) is 8.62. The van der Waals surface area contributed by atoms with Gasteiger partial charge >= 0.3 is 0 Å². The van der Waals surface area contributed by atoms with Crippen molar-refractivity contribution in [2.45, 2.75) is 32.4 Å². The molecule has 0 aliphatic carbocycles. The largest absolute Gasteiger partial charge is 0.376 e. The van der Waals surface area contributed by atoms with Gasteiger partial charge in [0.15, 0.2) is 0 Å². The second kappa shape index (κ2) is 8.07. The molecule has 0 spiro atoms. The molecule has 1 fully saturated rings. The van der Waals surface area contributed by atoms with Crippen molar-refractivity contribution in [1.82, 2.24) is 14.9 Å². The highest BCUT2D eigenvalue weighted by Gasteiger charge is 2.18. The molecule has 1 unspecified atom stereocenters. The molecule has 25 heavy (non-hydrogen) atoms. The number of aryl methyl sites for hydroxylation is 1. The molecule has 3 rings (SSSR count). The molecule has 1 atom stereocenters. The lowest BCUT2D eigenvalue weighted by Gasteiger charge is -2.18. The average molecular weight is 340 g/mol. The summed E-state index contributed by atoms with van der Waals surface area (Å²) in [7, 11) is 1.78. The number of anilines is 1. The first-order valence-corrected chi connectivity index (χ1v) is 8.62. The van der Waals surface area contributed by atoms with Crippen molar-refractivity contribution in [2.75, 3.05) is 25.5 Å². The summed E-state index contributed by atoms with van der Waals surface area (Å²) in [4.78, 5) is 23.1. The molecule has 0 saturated carbocycles. The molecular weight excluding hydrogens is 316 g/mol. The zero-order valence-electron chi connectivity index (χ0n) is 14.7. The van der Waals surface area contributed by atoms with E-state index in [1.54, 1.807) is 18.0 Å². The smallest absolute Gasteiger partial charge is 0.272 e. The molecule has 1 aliphatic rings. The lowest BCUT2D eigenvalue weighted by Crippen LogP contribution is -2.28. The van der Waals surface area contributed by atoms with Gasteiger partial charge in [-0.2, -0.15) is 0 Å². The molecule has 6 nitrogen and oxygen atoms in total. The third kappa shape index (κ3) is 4.76. The lowest BCUT2D eigenvalue weighted by molar-refractivity contribution is 0.0779. The van der Waals surface area contributed by atoms with Gasteiger partial charge in [-0.05, 0) is 31.4 Å². The van der Waals surface area contributed by atoms with Gasteiger partial charge in [-0.25, -0.2) is 9.97 Å². The first-order chi connectivity index (χ1) is 12.1. The second-order valence-corrected chi connectivity index (χ2v) is 6.38. The number of nitrogens with zero attached hydrogens (tertiary/aromatic N) is 3. The fourth-order valence-corrected chi connectivity index (χ4v) is 2.89. The standard InChI is InChI=1S/C19H24N4O2/c1-14-11-17(18(24)23(2)13-15-7-4-3-5-8-15)22-19(21-14)20-12-16-9-6-10-25-16/h3-5,7-8,11,16H,6,9-10,12-13H2,1-2H3,(H,20,21,22). The van der Waals surface area contributed by atoms with Gasteiger partial charge in [-0.1, -0.05) is 30.3 Å². The van der Waals surface area contributed by atoms with E-state index in [2.05, 4.69) is 15.3 Å². The van der Waals surface area contributed by atoms with Crippen LogP contribution in [0.2, 0.25) is 0 Å². The molecule has 1 N–H and O–H groups in total. The molecular formula is C19H24N4O2. The monoisotopic (exact) mass is 340 g/mol. The summed E-state index contributed by atoms with van der Waals surface area (Å²) in [6.45, 7) is 3.89. The fourth-order valence-electron chi connectivity index (χ4n) is 2.89. The average Bonchev–Trinajstić information content (AvgIpc) is 3.13. The van der Waals surface area contributed by atoms with E-state index >= 15 is 0 Å². The number of hydrogen-bond acceptors (Lipinski definition) is 5. The minimum Gasteiger partial charge on any atom is -0.376 e. The molecule has 1 aromatic carbocycles. The summed E-state index contributed by atoms with van der Waals surface area (Å²) >= 11 is 0. The zero-order chi connectivity index (χ0) is 17.6. The predicted molar refractivity (Wildman–Crippen MR) is 96.5 cm³/mol. The van der Waals surface area contributed by atoms with E-state index in [0.717, 1.165) is 30.7 Å². The van der Waals surface area contributed by atoms with Crippen LogP contribution in [0.4, 0.5) is 5.95 Å². The van der Waals surface area contributed by atoms with Gasteiger partial charge in [-0.3, -0.25) is 4.79 Å². The van der Waals surface area contributed by atoms with Gasteiger partial charge < -0.3 is 15.0 Å². The molecule has 1 amide bonds. The maximum Gasteiger partial charge on any atom is 0.272 e. The summed E-state index contributed by atoms with van der Waals surface area (Å²) in [5.74, 6) is 0.362. The van der Waals surface area contributed by atoms with Crippen LogP contribution in [0.3, 0.4) is 0 Å². The number of carbonyl (C=O) groups is 1. The Morgan fingerprint density at radius 2 is 2.12 bits per heavy atom. The van der Waals surface area contributed by atoms with Crippen LogP contribution in [0.1, 0.15) is 34.6 Å². The van der Waals surface area contributed by atoms with Crippen LogP contribution in [0, 0.1) is 6.92 Å². The predicted octanol–water partition coefficient (Wildman–Crippen LogP) is 2.65. The Balaban J connectivity index is 1.66. The molecule has 6 heteroatoms. The van der Waals surface area contributed by atoms with E-state index in [9.17, 15) is 4.79 Å². The Morgan fingerprint density at radius 3 is 2.84 bits per heavy atom. The molecule has 1 aromatic heterocycles. The highest BCUT2D eigenvalue weighted by atomic mass is 16.5. The summed E-state index contributed by atoms with van der Waals surface area (Å²) in [5, 5.41) is 3.19. The Labute approximate surface area is 148 Å². The number of hydrogen-bond donors (Lipinski definition) is 1. The van der Waals surface area contributed by atoms with Crippen molar-refractivity contribution in [1.29, 1.82) is 0 Å². The van der Waals surface area contributed by atoms with Crippen LogP contribution in [0.5, 0.6) is 0 Å². The number of nitrogens with one attached hydrogen (secondary N) is 1. The minimum absolute atomic E-state index is 0.116. The van der Waals surface area contributed by atoms with Crippen molar-refractivity contribution in [2.24, 2.45) is 0 Å². The van der Waals surface area contributed by atoms with Gasteiger partial charge in [0, 0.05) is 32.4 Å². The Kier molecular flexibility index (Phi) is 5.60. The fraction of sp³-hybridized carbons (Fsp3) is 0.421. The molecule has 0 radical (unpaired) electrons. The van der Waals surface area contributed by atoms with E-state index < -0.39 is 0 Å². The summed E-state index contributed by atoms with van der Waals surface area (Å²) in [5.41, 5.74) is 2.25. The van der Waals surface area contributed by atoms with Crippen LogP contribution >= 0.6 is 0 Å². The maximum absolute atomic E-state index is 12.7. The number of carbonyl (C=O) groups excluding carboxylic acids is 1. The van der Waals surface area contributed by atoms with Crippen LogP contribution in [-0.4, -0.2) is 47.1 Å². The SMILES string of the molecule is Cc1cc(C(=O)N(C)Cc2ccccc2)nc(NCC2CCCO2)n1. The van der Waals surface area contributed by atoms with Crippen LogP contribution < -0.4 is 5.32 Å². The van der Waals surface area contributed by atoms with Crippen LogP contribution in [0.15, 0.2) is 36.4 Å². The van der Waals surface area contributed by atoms with Crippen molar-refractivity contribution < 1.29 is 9.53 Å². The van der Waals surface area contributed by atoms with Gasteiger partial charge in [0.1, 0.15) is 5.69 Å². The second-order valence-electron chi connectivity index (χ2n) is 6.38. The topological polar surface area (TPSA) is 67.4 Å². The van der Waals surface area contributed by atoms with E-state index in [-0.39, 0.29) is 12.0 Å². The van der Waals surface area contributed by atoms with Crippen molar-refractivity contribution in [3.63, 3.8) is 0 Å². The number of rotatable bonds is 6. The molecule has 2 heterocycles. The lowest BCUT2D eigenvalue weighted by atomic mass is 10.2. The number of benzene rings is 1. The van der Waals surface area contributed by atoms with Crippen LogP contribution in [-0.2, 0) is 11.3 Å². The summed E-state index contributed by atoms with van der Waals surface area (Å²) in [6.07, 6.45) is 2.34. The van der Waals surface area contributed by atoms with E-state index in [1.807, 2.05) is 37.3 Å². The number of aromatic nitrogens is 2. The molecule has 1 saturated heterocycles. The third-order valence-corrected chi connectivity index (χ3v) is 4.19. The van der Waals surface area contributed by atoms with Crippen molar-refractivity contribution >= 4 is 11.9 Å². The summed E-state index contributed by atoms with van der Waals surface area (Å²) < 4.78 is 5.59. The Hall–Kier alpha value is -2.47. The van der Waals surface area contributed by atoms with Crippen molar-refractivity contribution in [3.05, 3.63) is 53.3 Å². The maximum atomic E-state index is 12.7. The quantitative estimate of drug-likeness (QED) is 0.876. The molecule has 0 bridgehead atoms. The Bertz CT molecular complexity index is 715. The van der Waals surface area contributed by atoms with Gasteiger partial charge in [0.25, 0.3) is 5.91 Å². The van der Waals surface area contributed by atoms with E-state index in [1.165, 1.54) is 0 Å². The van der Waals surface area contributed by atoms with Gasteiger partial charge in [-0.15, -0.1) is 0 Å².